The molecule has 1 N–H and O–H groups in total. The third-order valence-corrected chi connectivity index (χ3v) is 3.48. The van der Waals surface area contributed by atoms with E-state index in [-0.39, 0.29) is 18.0 Å². The molecule has 1 amide bonds. The van der Waals surface area contributed by atoms with Crippen LogP contribution in [-0.2, 0) is 21.7 Å². The Bertz CT molecular complexity index is 903. The lowest BCUT2D eigenvalue weighted by atomic mass is 10.1. The zero-order valence-electron chi connectivity index (χ0n) is 12.3. The number of carbonyl (C=O) groups is 1. The van der Waals surface area contributed by atoms with Crippen molar-refractivity contribution in [2.75, 3.05) is 5.32 Å². The minimum Gasteiger partial charge on any atom is -0.325 e. The standard InChI is InChI=1S/C16H13N3O3S/c1-11-2-7-14(19-23(21)22)9-15(11)18-16(20)8-12-3-5-13(10-17)6-4-12/h2-7,9H,8H2,1H3,(H,18,20). The van der Waals surface area contributed by atoms with Crippen molar-refractivity contribution in [1.29, 1.82) is 5.26 Å². The summed E-state index contributed by atoms with van der Waals surface area (Å²) in [5.41, 5.74) is 2.87. The first-order valence-corrected chi connectivity index (χ1v) is 7.72. The number of benzene rings is 2. The molecular weight excluding hydrogens is 314 g/mol. The van der Waals surface area contributed by atoms with E-state index in [2.05, 4.69) is 9.68 Å². The van der Waals surface area contributed by atoms with Gasteiger partial charge in [0.1, 0.15) is 0 Å². The van der Waals surface area contributed by atoms with E-state index in [9.17, 15) is 13.2 Å². The third kappa shape index (κ3) is 4.76. The van der Waals surface area contributed by atoms with Crippen LogP contribution in [0.3, 0.4) is 0 Å². The zero-order chi connectivity index (χ0) is 16.8. The molecular formula is C16H13N3O3S. The Morgan fingerprint density at radius 3 is 2.52 bits per heavy atom. The van der Waals surface area contributed by atoms with Gasteiger partial charge in [0, 0.05) is 5.69 Å². The molecule has 0 fully saturated rings. The van der Waals surface area contributed by atoms with E-state index < -0.39 is 10.5 Å². The molecule has 0 radical (unpaired) electrons. The highest BCUT2D eigenvalue weighted by molar-refractivity contribution is 7.61. The fourth-order valence-corrected chi connectivity index (χ4v) is 2.25. The molecule has 0 unspecified atom stereocenters. The molecule has 2 aromatic carbocycles. The molecule has 0 aliphatic carbocycles. The van der Waals surface area contributed by atoms with Gasteiger partial charge < -0.3 is 5.32 Å². The Morgan fingerprint density at radius 1 is 1.22 bits per heavy atom. The molecule has 0 aliphatic heterocycles. The van der Waals surface area contributed by atoms with Crippen molar-refractivity contribution in [2.24, 2.45) is 4.36 Å². The van der Waals surface area contributed by atoms with Crippen molar-refractivity contribution in [3.63, 3.8) is 0 Å². The van der Waals surface area contributed by atoms with Crippen LogP contribution in [0.2, 0.25) is 0 Å². The zero-order valence-corrected chi connectivity index (χ0v) is 13.1. The van der Waals surface area contributed by atoms with Gasteiger partial charge in [-0.25, -0.2) is 0 Å². The average molecular weight is 327 g/mol. The highest BCUT2D eigenvalue weighted by Crippen LogP contribution is 2.22. The number of nitriles is 1. The fraction of sp³-hybridized carbons (Fsp3) is 0.125. The van der Waals surface area contributed by atoms with E-state index in [1.165, 1.54) is 6.07 Å². The summed E-state index contributed by atoms with van der Waals surface area (Å²) >= 11 is 0. The molecule has 0 saturated carbocycles. The minimum absolute atomic E-state index is 0.153. The number of anilines is 1. The van der Waals surface area contributed by atoms with Crippen LogP contribution in [0, 0.1) is 18.3 Å². The van der Waals surface area contributed by atoms with E-state index in [1.54, 1.807) is 43.3 Å². The topological polar surface area (TPSA) is 99.4 Å². The maximum Gasteiger partial charge on any atom is 0.316 e. The second kappa shape index (κ2) is 7.33. The number of nitrogens with one attached hydrogen (secondary N) is 1. The Kier molecular flexibility index (Phi) is 5.23. The summed E-state index contributed by atoms with van der Waals surface area (Å²) in [4.78, 5) is 12.1. The van der Waals surface area contributed by atoms with Crippen molar-refractivity contribution in [3.05, 3.63) is 59.2 Å². The second-order valence-electron chi connectivity index (χ2n) is 4.84. The number of carbonyl (C=O) groups excluding carboxylic acids is 1. The van der Waals surface area contributed by atoms with Crippen molar-refractivity contribution in [2.45, 2.75) is 13.3 Å². The summed E-state index contributed by atoms with van der Waals surface area (Å²) in [6.07, 6.45) is 0.153. The number of nitrogens with zero attached hydrogens (tertiary/aromatic N) is 2. The first-order valence-electron chi connectivity index (χ1n) is 6.68. The number of rotatable bonds is 4. The number of amides is 1. The minimum atomic E-state index is -2.54. The lowest BCUT2D eigenvalue weighted by Gasteiger charge is -2.09. The lowest BCUT2D eigenvalue weighted by molar-refractivity contribution is -0.115. The molecule has 0 spiro atoms. The second-order valence-corrected chi connectivity index (χ2v) is 5.46. The van der Waals surface area contributed by atoms with Gasteiger partial charge in [-0.15, -0.1) is 4.36 Å². The number of aryl methyl sites for hydroxylation is 1. The molecule has 0 atom stereocenters. The van der Waals surface area contributed by atoms with Crippen molar-refractivity contribution < 1.29 is 13.2 Å². The van der Waals surface area contributed by atoms with Crippen LogP contribution in [0.5, 0.6) is 0 Å². The van der Waals surface area contributed by atoms with E-state index in [0.717, 1.165) is 11.1 Å². The highest BCUT2D eigenvalue weighted by Gasteiger charge is 2.07. The summed E-state index contributed by atoms with van der Waals surface area (Å²) < 4.78 is 24.6. The van der Waals surface area contributed by atoms with E-state index in [4.69, 9.17) is 5.26 Å². The van der Waals surface area contributed by atoms with Gasteiger partial charge in [-0.1, -0.05) is 18.2 Å². The predicted octanol–water partition coefficient (Wildman–Crippen LogP) is 2.74. The summed E-state index contributed by atoms with van der Waals surface area (Å²) in [6.45, 7) is 1.80. The van der Waals surface area contributed by atoms with Crippen LogP contribution in [-0.4, -0.2) is 14.3 Å². The quantitative estimate of drug-likeness (QED) is 0.933. The summed E-state index contributed by atoms with van der Waals surface area (Å²) in [5.74, 6) is -0.238. The molecule has 2 aromatic rings. The van der Waals surface area contributed by atoms with Gasteiger partial charge >= 0.3 is 10.5 Å². The van der Waals surface area contributed by atoms with Crippen molar-refractivity contribution in [1.82, 2.24) is 0 Å². The lowest BCUT2D eigenvalue weighted by Crippen LogP contribution is -2.15. The SMILES string of the molecule is Cc1ccc(N=S(=O)=O)cc1NC(=O)Cc1ccc(C#N)cc1. The monoisotopic (exact) mass is 327 g/mol. The molecule has 0 saturated heterocycles. The molecule has 0 bridgehead atoms. The van der Waals surface area contributed by atoms with E-state index >= 15 is 0 Å². The van der Waals surface area contributed by atoms with Crippen LogP contribution in [0.1, 0.15) is 16.7 Å². The third-order valence-electron chi connectivity index (χ3n) is 3.12. The summed E-state index contributed by atoms with van der Waals surface area (Å²) in [6, 6.07) is 13.5. The van der Waals surface area contributed by atoms with Crippen LogP contribution in [0.25, 0.3) is 0 Å². The Labute approximate surface area is 135 Å². The number of hydrogen-bond acceptors (Lipinski definition) is 5. The van der Waals surface area contributed by atoms with E-state index in [0.29, 0.717) is 11.3 Å². The summed E-state index contributed by atoms with van der Waals surface area (Å²) in [7, 11) is -2.54. The van der Waals surface area contributed by atoms with Crippen LogP contribution < -0.4 is 5.32 Å². The van der Waals surface area contributed by atoms with Crippen LogP contribution in [0.15, 0.2) is 46.8 Å². The van der Waals surface area contributed by atoms with Gasteiger partial charge in [0.05, 0.1) is 23.7 Å². The molecule has 7 heteroatoms. The highest BCUT2D eigenvalue weighted by atomic mass is 32.2. The predicted molar refractivity (Wildman–Crippen MR) is 85.7 cm³/mol. The van der Waals surface area contributed by atoms with E-state index in [1.807, 2.05) is 6.07 Å². The first-order chi connectivity index (χ1) is 11.0. The maximum atomic E-state index is 12.1. The Balaban J connectivity index is 2.13. The van der Waals surface area contributed by atoms with Crippen molar-refractivity contribution in [3.8, 4) is 6.07 Å². The largest absolute Gasteiger partial charge is 0.325 e. The number of hydrogen-bond donors (Lipinski definition) is 1. The molecule has 2 rings (SSSR count). The normalized spacial score (nSPS) is 9.74. The fourth-order valence-electron chi connectivity index (χ4n) is 1.96. The van der Waals surface area contributed by atoms with Crippen LogP contribution in [0.4, 0.5) is 11.4 Å². The van der Waals surface area contributed by atoms with Gasteiger partial charge in [0.2, 0.25) is 5.91 Å². The molecule has 0 aliphatic rings. The maximum absolute atomic E-state index is 12.1. The molecule has 23 heavy (non-hydrogen) atoms. The van der Waals surface area contributed by atoms with Crippen LogP contribution >= 0.6 is 0 Å². The average Bonchev–Trinajstić information content (AvgIpc) is 2.51. The van der Waals surface area contributed by atoms with Gasteiger partial charge in [-0.05, 0) is 42.3 Å². The summed E-state index contributed by atoms with van der Waals surface area (Å²) in [5, 5.41) is 11.5. The molecule has 0 heterocycles. The Hall–Kier alpha value is -2.98. The van der Waals surface area contributed by atoms with Gasteiger partial charge in [-0.3, -0.25) is 4.79 Å². The van der Waals surface area contributed by atoms with Gasteiger partial charge in [-0.2, -0.15) is 13.7 Å². The Morgan fingerprint density at radius 2 is 1.91 bits per heavy atom. The van der Waals surface area contributed by atoms with Gasteiger partial charge in [0.25, 0.3) is 0 Å². The molecule has 116 valence electrons. The van der Waals surface area contributed by atoms with Crippen molar-refractivity contribution >= 4 is 27.8 Å². The molecule has 0 aromatic heterocycles. The van der Waals surface area contributed by atoms with Gasteiger partial charge in [0.15, 0.2) is 0 Å². The molecule has 6 nitrogen and oxygen atoms in total. The first kappa shape index (κ1) is 16.4. The smallest absolute Gasteiger partial charge is 0.316 e.